The molecule has 2 N–H and O–H groups in total. The van der Waals surface area contributed by atoms with Crippen LogP contribution in [-0.4, -0.2) is 33.7 Å². The summed E-state index contributed by atoms with van der Waals surface area (Å²) in [5, 5.41) is 10.5. The summed E-state index contributed by atoms with van der Waals surface area (Å²) in [5.41, 5.74) is 0.827. The monoisotopic (exact) mass is 334 g/mol. The zero-order valence-corrected chi connectivity index (χ0v) is 13.6. The molecule has 3 rings (SSSR count). The summed E-state index contributed by atoms with van der Waals surface area (Å²) in [7, 11) is 0. The van der Waals surface area contributed by atoms with Gasteiger partial charge in [-0.15, -0.1) is 0 Å². The Labute approximate surface area is 139 Å². The van der Waals surface area contributed by atoms with E-state index in [1.54, 1.807) is 6.07 Å². The number of hydrogen-bond acceptors (Lipinski definition) is 4. The number of nitrogens with one attached hydrogen (secondary N) is 2. The molecule has 1 amide bonds. The fourth-order valence-electron chi connectivity index (χ4n) is 2.65. The van der Waals surface area contributed by atoms with Crippen LogP contribution in [-0.2, 0) is 16.0 Å². The molecule has 0 aliphatic carbocycles. The van der Waals surface area contributed by atoms with Crippen LogP contribution in [0.1, 0.15) is 36.2 Å². The van der Waals surface area contributed by atoms with E-state index in [-0.39, 0.29) is 24.5 Å². The summed E-state index contributed by atoms with van der Waals surface area (Å²) >= 11 is 6.06. The van der Waals surface area contributed by atoms with E-state index in [1.165, 1.54) is 0 Å². The number of aromatic nitrogens is 3. The lowest BCUT2D eigenvalue weighted by molar-refractivity contribution is -0.121. The SMILES string of the molecule is Cc1nc([C@@H]2CC[C@H](CNC(=O)Cc3ccccc3Cl)O2)n[nH]1. The van der Waals surface area contributed by atoms with Gasteiger partial charge in [0.2, 0.25) is 5.91 Å². The second-order valence-electron chi connectivity index (χ2n) is 5.68. The molecule has 0 bridgehead atoms. The minimum Gasteiger partial charge on any atom is -0.365 e. The predicted octanol–water partition coefficient (Wildman–Crippen LogP) is 2.35. The molecule has 0 saturated carbocycles. The van der Waals surface area contributed by atoms with Gasteiger partial charge in [-0.2, -0.15) is 5.10 Å². The third-order valence-corrected chi connectivity index (χ3v) is 4.21. The number of carbonyl (C=O) groups excluding carboxylic acids is 1. The van der Waals surface area contributed by atoms with E-state index in [4.69, 9.17) is 16.3 Å². The molecule has 0 unspecified atom stereocenters. The molecule has 23 heavy (non-hydrogen) atoms. The fourth-order valence-corrected chi connectivity index (χ4v) is 2.86. The Morgan fingerprint density at radius 3 is 3.00 bits per heavy atom. The van der Waals surface area contributed by atoms with Gasteiger partial charge in [0, 0.05) is 11.6 Å². The topological polar surface area (TPSA) is 79.9 Å². The number of rotatable bonds is 5. The van der Waals surface area contributed by atoms with Gasteiger partial charge in [0.15, 0.2) is 5.82 Å². The first-order chi connectivity index (χ1) is 11.1. The summed E-state index contributed by atoms with van der Waals surface area (Å²) in [4.78, 5) is 16.3. The summed E-state index contributed by atoms with van der Waals surface area (Å²) in [6.07, 6.45) is 1.92. The highest BCUT2D eigenvalue weighted by Gasteiger charge is 2.29. The van der Waals surface area contributed by atoms with E-state index >= 15 is 0 Å². The van der Waals surface area contributed by atoms with Crippen molar-refractivity contribution in [2.24, 2.45) is 0 Å². The Morgan fingerprint density at radius 1 is 1.43 bits per heavy atom. The highest BCUT2D eigenvalue weighted by Crippen LogP contribution is 2.30. The van der Waals surface area contributed by atoms with E-state index in [9.17, 15) is 4.79 Å². The predicted molar refractivity (Wildman–Crippen MR) is 86.1 cm³/mol. The quantitative estimate of drug-likeness (QED) is 0.879. The number of aromatic amines is 1. The number of benzene rings is 1. The molecule has 2 atom stereocenters. The highest BCUT2D eigenvalue weighted by molar-refractivity contribution is 6.31. The van der Waals surface area contributed by atoms with Crippen LogP contribution in [0.15, 0.2) is 24.3 Å². The molecular formula is C16H19ClN4O2. The Morgan fingerprint density at radius 2 is 2.26 bits per heavy atom. The normalized spacial score (nSPS) is 20.6. The molecule has 1 aromatic carbocycles. The number of nitrogens with zero attached hydrogens (tertiary/aromatic N) is 2. The van der Waals surface area contributed by atoms with Gasteiger partial charge in [-0.1, -0.05) is 29.8 Å². The third-order valence-electron chi connectivity index (χ3n) is 3.85. The summed E-state index contributed by atoms with van der Waals surface area (Å²) < 4.78 is 5.90. The van der Waals surface area contributed by atoms with Crippen molar-refractivity contribution in [1.29, 1.82) is 0 Å². The number of halogens is 1. The summed E-state index contributed by atoms with van der Waals surface area (Å²) in [6, 6.07) is 7.36. The average Bonchev–Trinajstić information content (AvgIpc) is 3.16. The van der Waals surface area contributed by atoms with E-state index in [0.717, 1.165) is 24.2 Å². The van der Waals surface area contributed by atoms with E-state index in [1.807, 2.05) is 25.1 Å². The van der Waals surface area contributed by atoms with Gasteiger partial charge in [-0.05, 0) is 31.4 Å². The van der Waals surface area contributed by atoms with E-state index in [2.05, 4.69) is 20.5 Å². The zero-order chi connectivity index (χ0) is 16.2. The van der Waals surface area contributed by atoms with E-state index < -0.39 is 0 Å². The molecule has 2 heterocycles. The lowest BCUT2D eigenvalue weighted by Crippen LogP contribution is -2.33. The zero-order valence-electron chi connectivity index (χ0n) is 12.9. The standard InChI is InChI=1S/C16H19ClN4O2/c1-10-19-16(21-20-10)14-7-6-12(23-14)9-18-15(22)8-11-4-2-3-5-13(11)17/h2-5,12,14H,6-9H2,1H3,(H,18,22)(H,19,20,21)/t12-,14+/m1/s1. The van der Waals surface area contributed by atoms with E-state index in [0.29, 0.717) is 17.4 Å². The van der Waals surface area contributed by atoms with Gasteiger partial charge in [0.1, 0.15) is 11.9 Å². The lowest BCUT2D eigenvalue weighted by Gasteiger charge is -2.13. The molecule has 1 saturated heterocycles. The van der Waals surface area contributed by atoms with Crippen LogP contribution < -0.4 is 5.32 Å². The maximum Gasteiger partial charge on any atom is 0.224 e. The minimum atomic E-state index is -0.0922. The van der Waals surface area contributed by atoms with Crippen molar-refractivity contribution in [2.45, 2.75) is 38.4 Å². The van der Waals surface area contributed by atoms with Crippen LogP contribution in [0, 0.1) is 6.92 Å². The van der Waals surface area contributed by atoms with Crippen LogP contribution >= 0.6 is 11.6 Å². The Balaban J connectivity index is 1.46. The molecule has 6 nitrogen and oxygen atoms in total. The molecule has 1 aliphatic rings. The molecule has 0 radical (unpaired) electrons. The van der Waals surface area contributed by atoms with Crippen molar-refractivity contribution in [3.05, 3.63) is 46.5 Å². The molecular weight excluding hydrogens is 316 g/mol. The number of carbonyl (C=O) groups is 1. The first-order valence-electron chi connectivity index (χ1n) is 7.66. The number of hydrogen-bond donors (Lipinski definition) is 2. The second kappa shape index (κ2) is 7.10. The van der Waals surface area contributed by atoms with Crippen LogP contribution in [0.25, 0.3) is 0 Å². The first-order valence-corrected chi connectivity index (χ1v) is 8.04. The number of amides is 1. The molecule has 2 aromatic rings. The van der Waals surface area contributed by atoms with Gasteiger partial charge in [0.05, 0.1) is 12.5 Å². The van der Waals surface area contributed by atoms with Crippen molar-refractivity contribution in [3.8, 4) is 0 Å². The molecule has 0 spiro atoms. The molecule has 122 valence electrons. The van der Waals surface area contributed by atoms with Crippen molar-refractivity contribution in [2.75, 3.05) is 6.54 Å². The maximum absolute atomic E-state index is 12.0. The van der Waals surface area contributed by atoms with Gasteiger partial charge in [0.25, 0.3) is 0 Å². The van der Waals surface area contributed by atoms with Gasteiger partial charge >= 0.3 is 0 Å². The van der Waals surface area contributed by atoms with Crippen LogP contribution in [0.3, 0.4) is 0 Å². The summed E-state index contributed by atoms with van der Waals surface area (Å²) in [6.45, 7) is 2.35. The molecule has 1 fully saturated rings. The fraction of sp³-hybridized carbons (Fsp3) is 0.438. The van der Waals surface area contributed by atoms with Crippen LogP contribution in [0.4, 0.5) is 0 Å². The van der Waals surface area contributed by atoms with Gasteiger partial charge in [-0.3, -0.25) is 9.89 Å². The smallest absolute Gasteiger partial charge is 0.224 e. The lowest BCUT2D eigenvalue weighted by atomic mass is 10.1. The Kier molecular flexibility index (Phi) is 4.93. The van der Waals surface area contributed by atoms with Gasteiger partial charge < -0.3 is 10.1 Å². The number of aryl methyl sites for hydroxylation is 1. The van der Waals surface area contributed by atoms with Crippen LogP contribution in [0.5, 0.6) is 0 Å². The van der Waals surface area contributed by atoms with Crippen molar-refractivity contribution >= 4 is 17.5 Å². The number of ether oxygens (including phenoxy) is 1. The van der Waals surface area contributed by atoms with Crippen LogP contribution in [0.2, 0.25) is 5.02 Å². The molecule has 1 aliphatic heterocycles. The third kappa shape index (κ3) is 4.09. The minimum absolute atomic E-state index is 0.00555. The van der Waals surface area contributed by atoms with Gasteiger partial charge in [-0.25, -0.2) is 4.98 Å². The first kappa shape index (κ1) is 16.0. The average molecular weight is 335 g/mol. The maximum atomic E-state index is 12.0. The highest BCUT2D eigenvalue weighted by atomic mass is 35.5. The Bertz CT molecular complexity index is 688. The Hall–Kier alpha value is -1.92. The summed E-state index contributed by atoms with van der Waals surface area (Å²) in [5.74, 6) is 1.41. The number of H-pyrrole nitrogens is 1. The largest absolute Gasteiger partial charge is 0.365 e. The van der Waals surface area contributed by atoms with Crippen molar-refractivity contribution in [3.63, 3.8) is 0 Å². The van der Waals surface area contributed by atoms with Crippen molar-refractivity contribution in [1.82, 2.24) is 20.5 Å². The van der Waals surface area contributed by atoms with Crippen molar-refractivity contribution < 1.29 is 9.53 Å². The second-order valence-corrected chi connectivity index (χ2v) is 6.08. The molecule has 7 heteroatoms. The molecule has 1 aromatic heterocycles.